The number of anilines is 2. The molecule has 4 aromatic heterocycles. The van der Waals surface area contributed by atoms with Crippen LogP contribution in [0, 0.1) is 5.92 Å². The summed E-state index contributed by atoms with van der Waals surface area (Å²) in [5.41, 5.74) is 5.32. The molecule has 9 rings (SSSR count). The van der Waals surface area contributed by atoms with E-state index < -0.39 is 30.1 Å². The zero-order valence-electron chi connectivity index (χ0n) is 32.5. The second-order valence-electron chi connectivity index (χ2n) is 16.3. The molecule has 1 unspecified atom stereocenters. The summed E-state index contributed by atoms with van der Waals surface area (Å²) in [5.74, 6) is -0.500. The Hall–Kier alpha value is -5.58. The highest BCUT2D eigenvalue weighted by Crippen LogP contribution is 2.35. The molecule has 4 fully saturated rings. The zero-order valence-corrected chi connectivity index (χ0v) is 32.5. The summed E-state index contributed by atoms with van der Waals surface area (Å²) in [5, 5.41) is 17.8. The normalized spacial score (nSPS) is 24.4. The molecule has 5 aromatic rings. The molecule has 16 nitrogen and oxygen atoms in total. The molecule has 3 N–H and O–H groups in total. The number of amides is 3. The molecule has 2 saturated heterocycles. The van der Waals surface area contributed by atoms with Gasteiger partial charge in [0.15, 0.2) is 11.3 Å². The molecular formula is C40H49FN12O4. The van der Waals surface area contributed by atoms with Crippen molar-refractivity contribution in [2.24, 2.45) is 13.0 Å². The molecule has 2 saturated carbocycles. The first-order valence-corrected chi connectivity index (χ1v) is 20.1. The number of nitrogens with zero attached hydrogens (tertiary/aromatic N) is 9. The minimum absolute atomic E-state index is 0.217. The van der Waals surface area contributed by atoms with Crippen LogP contribution < -0.4 is 26.5 Å². The summed E-state index contributed by atoms with van der Waals surface area (Å²) in [6.45, 7) is 2.90. The molecule has 300 valence electrons. The van der Waals surface area contributed by atoms with Gasteiger partial charge in [-0.3, -0.25) is 33.5 Å². The Morgan fingerprint density at radius 2 is 1.79 bits per heavy atom. The predicted molar refractivity (Wildman–Crippen MR) is 212 cm³/mol. The van der Waals surface area contributed by atoms with E-state index in [1.54, 1.807) is 18.7 Å². The van der Waals surface area contributed by atoms with Crippen LogP contribution in [0.4, 0.5) is 15.8 Å². The van der Waals surface area contributed by atoms with E-state index in [2.05, 4.69) is 48.5 Å². The van der Waals surface area contributed by atoms with Crippen LogP contribution in [0.5, 0.6) is 0 Å². The third-order valence-electron chi connectivity index (χ3n) is 12.7. The second kappa shape index (κ2) is 14.7. The van der Waals surface area contributed by atoms with Crippen molar-refractivity contribution < 1.29 is 18.8 Å². The maximum atomic E-state index is 13.5. The van der Waals surface area contributed by atoms with Crippen LogP contribution in [0.15, 0.2) is 47.7 Å². The van der Waals surface area contributed by atoms with Crippen molar-refractivity contribution >= 4 is 45.8 Å². The average molecular weight is 781 g/mol. The van der Waals surface area contributed by atoms with Gasteiger partial charge < -0.3 is 20.4 Å². The van der Waals surface area contributed by atoms with Crippen LogP contribution >= 0.6 is 0 Å². The van der Waals surface area contributed by atoms with Gasteiger partial charge in [-0.15, -0.1) is 0 Å². The van der Waals surface area contributed by atoms with E-state index in [4.69, 9.17) is 10.2 Å². The molecule has 0 bridgehead atoms. The van der Waals surface area contributed by atoms with Gasteiger partial charge in [0.05, 0.1) is 46.9 Å². The van der Waals surface area contributed by atoms with E-state index in [1.807, 2.05) is 30.6 Å². The number of rotatable bonds is 10. The number of carbonyl (C=O) groups excluding carboxylic acids is 3. The van der Waals surface area contributed by atoms with Crippen LogP contribution in [0.3, 0.4) is 0 Å². The lowest BCUT2D eigenvalue weighted by Gasteiger charge is -2.40. The van der Waals surface area contributed by atoms with E-state index in [0.717, 1.165) is 80.6 Å². The number of halogens is 1. The topological polar surface area (TPSA) is 169 Å². The van der Waals surface area contributed by atoms with Crippen molar-refractivity contribution in [1.29, 1.82) is 0 Å². The number of hydrogen-bond acceptors (Lipinski definition) is 10. The summed E-state index contributed by atoms with van der Waals surface area (Å²) in [7, 11) is 5.79. The summed E-state index contributed by atoms with van der Waals surface area (Å²) in [4.78, 5) is 59.8. The fourth-order valence-corrected chi connectivity index (χ4v) is 9.17. The van der Waals surface area contributed by atoms with E-state index >= 15 is 0 Å². The van der Waals surface area contributed by atoms with Crippen LogP contribution in [-0.4, -0.2) is 108 Å². The summed E-state index contributed by atoms with van der Waals surface area (Å²) >= 11 is 0. The highest BCUT2D eigenvalue weighted by molar-refractivity contribution is 6.00. The van der Waals surface area contributed by atoms with Gasteiger partial charge in [0.25, 0.3) is 5.91 Å². The highest BCUT2D eigenvalue weighted by Gasteiger charge is 2.39. The van der Waals surface area contributed by atoms with E-state index in [9.17, 15) is 23.6 Å². The Labute approximate surface area is 328 Å². The van der Waals surface area contributed by atoms with Crippen LogP contribution in [0.1, 0.15) is 80.4 Å². The first-order chi connectivity index (χ1) is 27.6. The molecule has 3 amide bonds. The SMILES string of the molecule is CNc1cc(-c2cnn(C3CCC(CN(C)C4CCN(c5ccc6c(c5)n(C)c(=O)n6C5CCC(=O)NC5=O)CC4)CC3)c2)nn2c(C(=O)N[C@@H]3C[C@@H]3F)cnc12. The summed E-state index contributed by atoms with van der Waals surface area (Å²) in [6, 6.07) is 7.59. The number of hydrogen-bond donors (Lipinski definition) is 3. The number of fused-ring (bicyclic) bond motifs is 2. The molecule has 2 aliphatic carbocycles. The van der Waals surface area contributed by atoms with Gasteiger partial charge in [0.2, 0.25) is 11.8 Å². The number of carbonyl (C=O) groups is 3. The van der Waals surface area contributed by atoms with Crippen LogP contribution in [-0.2, 0) is 16.6 Å². The Balaban J connectivity index is 0.789. The lowest BCUT2D eigenvalue weighted by atomic mass is 9.85. The average Bonchev–Trinajstić information content (AvgIpc) is 3.54. The van der Waals surface area contributed by atoms with E-state index in [0.29, 0.717) is 47.7 Å². The number of benzene rings is 1. The summed E-state index contributed by atoms with van der Waals surface area (Å²) in [6.07, 6.45) is 11.7. The number of imide groups is 1. The fraction of sp³-hybridized carbons (Fsp3) is 0.525. The van der Waals surface area contributed by atoms with Crippen molar-refractivity contribution in [3.63, 3.8) is 0 Å². The van der Waals surface area contributed by atoms with E-state index in [-0.39, 0.29) is 23.7 Å². The van der Waals surface area contributed by atoms with Gasteiger partial charge in [0.1, 0.15) is 12.2 Å². The van der Waals surface area contributed by atoms with Crippen molar-refractivity contribution in [2.45, 2.75) is 88.1 Å². The van der Waals surface area contributed by atoms with Gasteiger partial charge >= 0.3 is 5.69 Å². The fourth-order valence-electron chi connectivity index (χ4n) is 9.17. The van der Waals surface area contributed by atoms with Crippen molar-refractivity contribution in [2.75, 3.05) is 43.9 Å². The minimum Gasteiger partial charge on any atom is -0.385 e. The quantitative estimate of drug-likeness (QED) is 0.179. The molecule has 3 atom stereocenters. The number of piperidine rings is 2. The first-order valence-electron chi connectivity index (χ1n) is 20.1. The Bertz CT molecular complexity index is 2420. The second-order valence-corrected chi connectivity index (χ2v) is 16.3. The largest absolute Gasteiger partial charge is 0.385 e. The van der Waals surface area contributed by atoms with Gasteiger partial charge in [-0.1, -0.05) is 0 Å². The van der Waals surface area contributed by atoms with Gasteiger partial charge in [0, 0.05) is 70.1 Å². The maximum absolute atomic E-state index is 13.5. The Morgan fingerprint density at radius 1 is 1.02 bits per heavy atom. The lowest BCUT2D eigenvalue weighted by Crippen LogP contribution is -2.45. The smallest absolute Gasteiger partial charge is 0.329 e. The molecule has 0 spiro atoms. The Morgan fingerprint density at radius 3 is 2.51 bits per heavy atom. The zero-order chi connectivity index (χ0) is 39.5. The molecule has 0 radical (unpaired) electrons. The third-order valence-corrected chi connectivity index (χ3v) is 12.7. The highest BCUT2D eigenvalue weighted by atomic mass is 19.1. The molecule has 4 aliphatic rings. The number of aromatic nitrogens is 7. The number of imidazole rings is 2. The lowest BCUT2D eigenvalue weighted by molar-refractivity contribution is -0.135. The number of nitrogens with one attached hydrogen (secondary N) is 3. The third kappa shape index (κ3) is 6.95. The van der Waals surface area contributed by atoms with Crippen LogP contribution in [0.2, 0.25) is 0 Å². The molecule has 6 heterocycles. The number of aryl methyl sites for hydroxylation is 1. The molecular weight excluding hydrogens is 732 g/mol. The van der Waals surface area contributed by atoms with E-state index in [1.165, 1.54) is 15.3 Å². The Kier molecular flexibility index (Phi) is 9.57. The van der Waals surface area contributed by atoms with Crippen LogP contribution in [0.25, 0.3) is 27.9 Å². The predicted octanol–water partition coefficient (Wildman–Crippen LogP) is 3.44. The molecule has 2 aliphatic heterocycles. The van der Waals surface area contributed by atoms with Gasteiger partial charge in [-0.05, 0) is 82.2 Å². The van der Waals surface area contributed by atoms with Crippen molar-refractivity contribution in [3.8, 4) is 11.3 Å². The first kappa shape index (κ1) is 37.0. The minimum atomic E-state index is -0.998. The molecule has 1 aromatic carbocycles. The number of alkyl halides is 1. The summed E-state index contributed by atoms with van der Waals surface area (Å²) < 4.78 is 20.2. The van der Waals surface area contributed by atoms with Gasteiger partial charge in [-0.25, -0.2) is 18.7 Å². The standard InChI is InChI=1S/C40H49FN12O4/c1-42-31-18-29(47-53-35(20-43-37(31)53)39(56)45-30-17-28(30)41)24-19-44-51(22-24)26-6-4-23(5-7-26)21-48(2)25-12-14-50(15-13-25)27-8-9-32-34(16-27)49(3)40(57)52(32)33-10-11-36(54)46-38(33)55/h8-9,16,18-20,22-23,25-26,28,30,33,42H,4-7,10-15,17,21H2,1-3H3,(H,45,56)(H,46,54,55)/t23?,26?,28-,30+,33?/m0/s1. The molecule has 17 heteroatoms. The van der Waals surface area contributed by atoms with Crippen molar-refractivity contribution in [1.82, 2.24) is 49.0 Å². The monoisotopic (exact) mass is 780 g/mol. The van der Waals surface area contributed by atoms with Crippen molar-refractivity contribution in [3.05, 3.63) is 59.0 Å². The maximum Gasteiger partial charge on any atom is 0.329 e. The molecule has 57 heavy (non-hydrogen) atoms. The van der Waals surface area contributed by atoms with Gasteiger partial charge in [-0.2, -0.15) is 10.2 Å².